The fourth-order valence-electron chi connectivity index (χ4n) is 2.66. The van der Waals surface area contributed by atoms with Crippen molar-refractivity contribution < 1.29 is 18.8 Å². The van der Waals surface area contributed by atoms with Gasteiger partial charge < -0.3 is 19.3 Å². The van der Waals surface area contributed by atoms with E-state index in [-0.39, 0.29) is 18.4 Å². The topological polar surface area (TPSA) is 86.5 Å². The number of aromatic nitrogens is 2. The minimum atomic E-state index is -0.230. The number of carbonyl (C=O) groups is 1. The predicted molar refractivity (Wildman–Crippen MR) is 102 cm³/mol. The predicted octanol–water partition coefficient (Wildman–Crippen LogP) is 3.63. The molecule has 8 heteroatoms. The maximum Gasteiger partial charge on any atom is 0.227 e. The van der Waals surface area contributed by atoms with Crippen LogP contribution < -0.4 is 14.8 Å². The first-order valence-corrected chi connectivity index (χ1v) is 9.41. The van der Waals surface area contributed by atoms with Crippen LogP contribution in [0.4, 0.5) is 0 Å². The van der Waals surface area contributed by atoms with E-state index >= 15 is 0 Å². The number of amides is 1. The Hall–Kier alpha value is -2.87. The Labute approximate surface area is 161 Å². The Kier molecular flexibility index (Phi) is 6.08. The van der Waals surface area contributed by atoms with Crippen LogP contribution in [0.15, 0.2) is 39.5 Å². The number of methoxy groups -OCH3 is 2. The number of nitrogens with zero attached hydrogens (tertiary/aromatic N) is 2. The molecule has 1 N–H and O–H groups in total. The number of hydrogen-bond donors (Lipinski definition) is 1. The van der Waals surface area contributed by atoms with Gasteiger partial charge in [-0.15, -0.1) is 0 Å². The molecule has 3 aromatic rings. The summed E-state index contributed by atoms with van der Waals surface area (Å²) in [6.07, 6.45) is 0.632. The van der Waals surface area contributed by atoms with Gasteiger partial charge in [0.05, 0.1) is 20.3 Å². The van der Waals surface area contributed by atoms with Gasteiger partial charge in [0.2, 0.25) is 17.6 Å². The van der Waals surface area contributed by atoms with Crippen molar-refractivity contribution in [2.24, 2.45) is 0 Å². The lowest BCUT2D eigenvalue weighted by molar-refractivity contribution is -0.121. The standard InChI is InChI=1S/C19H21N3O4S/c1-12(15-10-14(24-2)4-5-16(15)25-3)20-17(23)6-7-18-21-19(22-26-18)13-8-9-27-11-13/h4-5,8-12H,6-7H2,1-3H3,(H,20,23)/t12-/m1/s1. The van der Waals surface area contributed by atoms with Gasteiger partial charge in [0.25, 0.3) is 0 Å². The van der Waals surface area contributed by atoms with E-state index in [1.807, 2.05) is 41.9 Å². The summed E-state index contributed by atoms with van der Waals surface area (Å²) < 4.78 is 15.9. The number of aryl methyl sites for hydroxylation is 1. The SMILES string of the molecule is COc1ccc(OC)c([C@@H](C)NC(=O)CCc2nc(-c3ccsc3)no2)c1. The Morgan fingerprint density at radius 1 is 1.30 bits per heavy atom. The van der Waals surface area contributed by atoms with Crippen molar-refractivity contribution in [1.29, 1.82) is 0 Å². The summed E-state index contributed by atoms with van der Waals surface area (Å²) in [6.45, 7) is 1.90. The second kappa shape index (κ2) is 8.68. The van der Waals surface area contributed by atoms with Crippen LogP contribution in [0.1, 0.15) is 30.8 Å². The fourth-order valence-corrected chi connectivity index (χ4v) is 3.29. The Morgan fingerprint density at radius 3 is 2.85 bits per heavy atom. The zero-order chi connectivity index (χ0) is 19.2. The molecule has 0 radical (unpaired) electrons. The molecule has 142 valence electrons. The van der Waals surface area contributed by atoms with Gasteiger partial charge in [-0.3, -0.25) is 4.79 Å². The van der Waals surface area contributed by atoms with E-state index < -0.39 is 0 Å². The molecule has 0 unspecified atom stereocenters. The van der Waals surface area contributed by atoms with Crippen molar-refractivity contribution in [3.63, 3.8) is 0 Å². The molecule has 0 saturated heterocycles. The zero-order valence-electron chi connectivity index (χ0n) is 15.4. The van der Waals surface area contributed by atoms with E-state index in [4.69, 9.17) is 14.0 Å². The molecule has 0 aliphatic heterocycles. The van der Waals surface area contributed by atoms with Gasteiger partial charge in [-0.25, -0.2) is 0 Å². The number of thiophene rings is 1. The van der Waals surface area contributed by atoms with Crippen LogP contribution in [0.5, 0.6) is 11.5 Å². The Morgan fingerprint density at radius 2 is 2.15 bits per heavy atom. The van der Waals surface area contributed by atoms with Gasteiger partial charge in [0.15, 0.2) is 0 Å². The van der Waals surface area contributed by atoms with E-state index in [9.17, 15) is 4.79 Å². The molecule has 0 aliphatic carbocycles. The van der Waals surface area contributed by atoms with Gasteiger partial charge >= 0.3 is 0 Å². The number of carbonyl (C=O) groups excluding carboxylic acids is 1. The third-order valence-electron chi connectivity index (χ3n) is 4.09. The first-order chi connectivity index (χ1) is 13.1. The summed E-state index contributed by atoms with van der Waals surface area (Å²) in [5.74, 6) is 2.28. The first kappa shape index (κ1) is 18.9. The molecule has 0 aliphatic rings. The van der Waals surface area contributed by atoms with Crippen molar-refractivity contribution in [3.8, 4) is 22.9 Å². The van der Waals surface area contributed by atoms with Crippen LogP contribution in [0.25, 0.3) is 11.4 Å². The van der Waals surface area contributed by atoms with E-state index in [1.165, 1.54) is 0 Å². The Bertz CT molecular complexity index is 892. The molecule has 7 nitrogen and oxygen atoms in total. The monoisotopic (exact) mass is 387 g/mol. The highest BCUT2D eigenvalue weighted by Gasteiger charge is 2.16. The minimum Gasteiger partial charge on any atom is -0.497 e. The highest BCUT2D eigenvalue weighted by atomic mass is 32.1. The van der Waals surface area contributed by atoms with E-state index in [1.54, 1.807) is 25.6 Å². The van der Waals surface area contributed by atoms with Crippen LogP contribution in [-0.2, 0) is 11.2 Å². The molecule has 27 heavy (non-hydrogen) atoms. The first-order valence-electron chi connectivity index (χ1n) is 8.47. The lowest BCUT2D eigenvalue weighted by Crippen LogP contribution is -2.27. The summed E-state index contributed by atoms with van der Waals surface area (Å²) in [7, 11) is 3.20. The van der Waals surface area contributed by atoms with Crippen LogP contribution in [0, 0.1) is 0 Å². The van der Waals surface area contributed by atoms with Crippen molar-refractivity contribution in [3.05, 3.63) is 46.5 Å². The van der Waals surface area contributed by atoms with Crippen LogP contribution in [-0.4, -0.2) is 30.3 Å². The van der Waals surface area contributed by atoms with Gasteiger partial charge in [-0.2, -0.15) is 16.3 Å². The molecule has 3 rings (SSSR count). The van der Waals surface area contributed by atoms with E-state index in [0.717, 1.165) is 11.1 Å². The summed E-state index contributed by atoms with van der Waals surface area (Å²) >= 11 is 1.57. The lowest BCUT2D eigenvalue weighted by atomic mass is 10.1. The zero-order valence-corrected chi connectivity index (χ0v) is 16.2. The molecule has 1 aromatic carbocycles. The van der Waals surface area contributed by atoms with E-state index in [0.29, 0.717) is 29.6 Å². The van der Waals surface area contributed by atoms with E-state index in [2.05, 4.69) is 15.5 Å². The minimum absolute atomic E-state index is 0.109. The average molecular weight is 387 g/mol. The molecule has 1 amide bonds. The second-order valence-corrected chi connectivity index (χ2v) is 6.70. The van der Waals surface area contributed by atoms with Gasteiger partial charge in [0, 0.05) is 29.3 Å². The van der Waals surface area contributed by atoms with Crippen molar-refractivity contribution in [1.82, 2.24) is 15.5 Å². The molecule has 0 bridgehead atoms. The number of hydrogen-bond acceptors (Lipinski definition) is 7. The molecule has 1 atom stereocenters. The summed E-state index contributed by atoms with van der Waals surface area (Å²) in [4.78, 5) is 16.6. The summed E-state index contributed by atoms with van der Waals surface area (Å²) in [5.41, 5.74) is 1.76. The van der Waals surface area contributed by atoms with Gasteiger partial charge in [-0.1, -0.05) is 5.16 Å². The maximum atomic E-state index is 12.3. The number of ether oxygens (including phenoxy) is 2. The van der Waals surface area contributed by atoms with Crippen molar-refractivity contribution in [2.75, 3.05) is 14.2 Å². The van der Waals surface area contributed by atoms with Crippen LogP contribution in [0.3, 0.4) is 0 Å². The van der Waals surface area contributed by atoms with Gasteiger partial charge in [-0.05, 0) is 36.6 Å². The summed E-state index contributed by atoms with van der Waals surface area (Å²) in [5, 5.41) is 10.8. The average Bonchev–Trinajstić information content (AvgIpc) is 3.37. The number of rotatable bonds is 8. The van der Waals surface area contributed by atoms with Gasteiger partial charge in [0.1, 0.15) is 11.5 Å². The fraction of sp³-hybridized carbons (Fsp3) is 0.316. The highest BCUT2D eigenvalue weighted by molar-refractivity contribution is 7.08. The molecule has 2 heterocycles. The Balaban J connectivity index is 1.58. The third kappa shape index (κ3) is 4.65. The van der Waals surface area contributed by atoms with Crippen LogP contribution in [0.2, 0.25) is 0 Å². The second-order valence-electron chi connectivity index (χ2n) is 5.92. The number of benzene rings is 1. The van der Waals surface area contributed by atoms with Crippen molar-refractivity contribution in [2.45, 2.75) is 25.8 Å². The molecule has 0 saturated carbocycles. The normalized spacial score (nSPS) is 11.8. The quantitative estimate of drug-likeness (QED) is 0.635. The molecule has 2 aromatic heterocycles. The molecular formula is C19H21N3O4S. The maximum absolute atomic E-state index is 12.3. The molecule has 0 spiro atoms. The number of nitrogens with one attached hydrogen (secondary N) is 1. The van der Waals surface area contributed by atoms with Crippen molar-refractivity contribution >= 4 is 17.2 Å². The summed E-state index contributed by atoms with van der Waals surface area (Å²) in [6, 6.07) is 7.19. The third-order valence-corrected chi connectivity index (χ3v) is 4.78. The lowest BCUT2D eigenvalue weighted by Gasteiger charge is -2.18. The largest absolute Gasteiger partial charge is 0.497 e. The van der Waals surface area contributed by atoms with Crippen LogP contribution >= 0.6 is 11.3 Å². The highest BCUT2D eigenvalue weighted by Crippen LogP contribution is 2.29. The smallest absolute Gasteiger partial charge is 0.227 e. The molecule has 0 fully saturated rings. The molecular weight excluding hydrogens is 366 g/mol.